The molecule has 27 heavy (non-hydrogen) atoms. The normalized spacial score (nSPS) is 17.5. The van der Waals surface area contributed by atoms with E-state index in [1.54, 1.807) is 0 Å². The lowest BCUT2D eigenvalue weighted by Crippen LogP contribution is -2.20. The number of rotatable bonds is 2. The summed E-state index contributed by atoms with van der Waals surface area (Å²) in [6, 6.07) is 22.3. The molecule has 0 fully saturated rings. The van der Waals surface area contributed by atoms with Crippen molar-refractivity contribution in [1.29, 1.82) is 0 Å². The lowest BCUT2D eigenvalue weighted by molar-refractivity contribution is 0.170. The molecule has 0 bridgehead atoms. The second kappa shape index (κ2) is 6.88. The molecule has 3 aromatic carbocycles. The topological polar surface area (TPSA) is 40.0 Å². The van der Waals surface area contributed by atoms with E-state index in [4.69, 9.17) is 19.2 Å². The summed E-state index contributed by atoms with van der Waals surface area (Å²) in [7, 11) is 0. The monoisotopic (exact) mass is 469 g/mol. The molecule has 2 aliphatic heterocycles. The van der Waals surface area contributed by atoms with Crippen LogP contribution in [-0.2, 0) is 4.74 Å². The van der Waals surface area contributed by atoms with E-state index in [2.05, 4.69) is 46.9 Å². The molecule has 0 radical (unpaired) electrons. The SMILES string of the molecule is Ic1cccc(C2=Nc3cc4c(cc3[C@H](c3ccccc3)O2)OCCO4)c1. The first kappa shape index (κ1) is 16.6. The molecule has 2 aliphatic rings. The molecular weight excluding hydrogens is 453 g/mol. The van der Waals surface area contributed by atoms with Crippen molar-refractivity contribution in [3.63, 3.8) is 0 Å². The number of fused-ring (bicyclic) bond motifs is 2. The van der Waals surface area contributed by atoms with Gasteiger partial charge in [0.05, 0.1) is 5.69 Å². The first-order valence-corrected chi connectivity index (χ1v) is 9.85. The third-order valence-electron chi connectivity index (χ3n) is 4.60. The molecule has 0 saturated carbocycles. The van der Waals surface area contributed by atoms with Gasteiger partial charge >= 0.3 is 0 Å². The van der Waals surface area contributed by atoms with E-state index in [1.807, 2.05) is 42.5 Å². The fourth-order valence-electron chi connectivity index (χ4n) is 3.34. The van der Waals surface area contributed by atoms with Crippen molar-refractivity contribution in [1.82, 2.24) is 0 Å². The van der Waals surface area contributed by atoms with E-state index in [9.17, 15) is 0 Å². The number of hydrogen-bond donors (Lipinski definition) is 0. The molecule has 2 heterocycles. The first-order valence-electron chi connectivity index (χ1n) is 8.78. The highest BCUT2D eigenvalue weighted by Crippen LogP contribution is 2.45. The molecule has 5 heteroatoms. The van der Waals surface area contributed by atoms with E-state index in [0.29, 0.717) is 19.1 Å². The number of halogens is 1. The van der Waals surface area contributed by atoms with E-state index in [0.717, 1.165) is 37.4 Å². The number of benzene rings is 3. The molecule has 0 aromatic heterocycles. The van der Waals surface area contributed by atoms with Gasteiger partial charge in [0.15, 0.2) is 17.6 Å². The van der Waals surface area contributed by atoms with Gasteiger partial charge in [-0.3, -0.25) is 0 Å². The van der Waals surface area contributed by atoms with Crippen LogP contribution < -0.4 is 9.47 Å². The molecule has 5 rings (SSSR count). The van der Waals surface area contributed by atoms with E-state index >= 15 is 0 Å². The quantitative estimate of drug-likeness (QED) is 0.481. The summed E-state index contributed by atoms with van der Waals surface area (Å²) in [5.41, 5.74) is 3.88. The van der Waals surface area contributed by atoms with Crippen molar-refractivity contribution < 1.29 is 14.2 Å². The molecule has 0 unspecified atom stereocenters. The maximum absolute atomic E-state index is 6.38. The Morgan fingerprint density at radius 2 is 1.63 bits per heavy atom. The Balaban J connectivity index is 1.67. The molecule has 0 spiro atoms. The van der Waals surface area contributed by atoms with Crippen molar-refractivity contribution in [2.45, 2.75) is 6.10 Å². The average Bonchev–Trinajstić information content (AvgIpc) is 2.72. The van der Waals surface area contributed by atoms with Crippen LogP contribution in [0.1, 0.15) is 22.8 Å². The van der Waals surface area contributed by atoms with Gasteiger partial charge in [-0.05, 0) is 52.4 Å². The Hall–Kier alpha value is -2.54. The molecule has 4 nitrogen and oxygen atoms in total. The minimum Gasteiger partial charge on any atom is -0.486 e. The molecule has 0 saturated heterocycles. The summed E-state index contributed by atoms with van der Waals surface area (Å²) in [4.78, 5) is 4.80. The van der Waals surface area contributed by atoms with Crippen LogP contribution in [0.25, 0.3) is 0 Å². The summed E-state index contributed by atoms with van der Waals surface area (Å²) in [6.07, 6.45) is -0.248. The highest BCUT2D eigenvalue weighted by molar-refractivity contribution is 14.1. The highest BCUT2D eigenvalue weighted by atomic mass is 127. The van der Waals surface area contributed by atoms with E-state index < -0.39 is 0 Å². The van der Waals surface area contributed by atoms with Crippen LogP contribution in [0, 0.1) is 3.57 Å². The number of ether oxygens (including phenoxy) is 3. The van der Waals surface area contributed by atoms with Crippen molar-refractivity contribution in [3.05, 3.63) is 87.0 Å². The van der Waals surface area contributed by atoms with Crippen molar-refractivity contribution in [2.24, 2.45) is 4.99 Å². The Morgan fingerprint density at radius 3 is 2.41 bits per heavy atom. The third-order valence-corrected chi connectivity index (χ3v) is 5.27. The Labute approximate surface area is 170 Å². The Bertz CT molecular complexity index is 1030. The predicted octanol–water partition coefficient (Wildman–Crippen LogP) is 5.26. The lowest BCUT2D eigenvalue weighted by atomic mass is 9.97. The zero-order chi connectivity index (χ0) is 18.2. The van der Waals surface area contributed by atoms with Gasteiger partial charge in [-0.15, -0.1) is 0 Å². The van der Waals surface area contributed by atoms with Crippen LogP contribution in [-0.4, -0.2) is 19.1 Å². The first-order chi connectivity index (χ1) is 13.3. The molecule has 134 valence electrons. The smallest absolute Gasteiger partial charge is 0.222 e. The summed E-state index contributed by atoms with van der Waals surface area (Å²) in [6.45, 7) is 1.11. The minimum atomic E-state index is -0.248. The Kier molecular flexibility index (Phi) is 4.24. The fraction of sp³-hybridized carbons (Fsp3) is 0.136. The fourth-order valence-corrected chi connectivity index (χ4v) is 3.88. The maximum atomic E-state index is 6.38. The van der Waals surface area contributed by atoms with Crippen LogP contribution >= 0.6 is 22.6 Å². The lowest BCUT2D eigenvalue weighted by Gasteiger charge is -2.28. The van der Waals surface area contributed by atoms with Crippen LogP contribution in [0.4, 0.5) is 5.69 Å². The zero-order valence-corrected chi connectivity index (χ0v) is 16.5. The molecule has 0 N–H and O–H groups in total. The number of hydrogen-bond acceptors (Lipinski definition) is 4. The molecule has 3 aromatic rings. The van der Waals surface area contributed by atoms with E-state index in [-0.39, 0.29) is 6.10 Å². The van der Waals surface area contributed by atoms with Gasteiger partial charge in [0.2, 0.25) is 5.90 Å². The van der Waals surface area contributed by atoms with E-state index in [1.165, 1.54) is 0 Å². The van der Waals surface area contributed by atoms with Gasteiger partial charge in [0, 0.05) is 20.8 Å². The molecular formula is C22H16INO3. The van der Waals surface area contributed by atoms with Gasteiger partial charge in [0.1, 0.15) is 13.2 Å². The molecule has 1 atom stereocenters. The summed E-state index contributed by atoms with van der Waals surface area (Å²) >= 11 is 2.30. The summed E-state index contributed by atoms with van der Waals surface area (Å²) in [5.74, 6) is 2.10. The zero-order valence-electron chi connectivity index (χ0n) is 14.4. The Morgan fingerprint density at radius 1 is 0.852 bits per heavy atom. The summed E-state index contributed by atoms with van der Waals surface area (Å²) in [5, 5.41) is 0. The van der Waals surface area contributed by atoms with Gasteiger partial charge in [-0.2, -0.15) is 0 Å². The highest BCUT2D eigenvalue weighted by Gasteiger charge is 2.29. The third kappa shape index (κ3) is 3.16. The largest absolute Gasteiger partial charge is 0.486 e. The van der Waals surface area contributed by atoms with Crippen LogP contribution in [0.15, 0.2) is 71.7 Å². The van der Waals surface area contributed by atoms with Gasteiger partial charge in [-0.25, -0.2) is 4.99 Å². The van der Waals surface area contributed by atoms with Crippen LogP contribution in [0.5, 0.6) is 11.5 Å². The standard InChI is InChI=1S/C22H16INO3/c23-16-8-4-7-15(11-16)22-24-18-13-20-19(25-9-10-26-20)12-17(18)21(27-22)14-5-2-1-3-6-14/h1-8,11-13,21H,9-10H2/t21-/m0/s1. The van der Waals surface area contributed by atoms with Crippen LogP contribution in [0.3, 0.4) is 0 Å². The van der Waals surface area contributed by atoms with Gasteiger partial charge < -0.3 is 14.2 Å². The van der Waals surface area contributed by atoms with Crippen molar-refractivity contribution >= 4 is 34.2 Å². The number of aliphatic imine (C=N–C) groups is 1. The average molecular weight is 469 g/mol. The molecule has 0 amide bonds. The van der Waals surface area contributed by atoms with Gasteiger partial charge in [-0.1, -0.05) is 36.4 Å². The minimum absolute atomic E-state index is 0.248. The second-order valence-corrected chi connectivity index (χ2v) is 7.64. The van der Waals surface area contributed by atoms with Crippen LogP contribution in [0.2, 0.25) is 0 Å². The molecule has 0 aliphatic carbocycles. The summed E-state index contributed by atoms with van der Waals surface area (Å²) < 4.78 is 19.0. The maximum Gasteiger partial charge on any atom is 0.222 e. The number of nitrogens with zero attached hydrogens (tertiary/aromatic N) is 1. The van der Waals surface area contributed by atoms with Crippen molar-refractivity contribution in [3.8, 4) is 11.5 Å². The van der Waals surface area contributed by atoms with Gasteiger partial charge in [0.25, 0.3) is 0 Å². The second-order valence-electron chi connectivity index (χ2n) is 6.39. The predicted molar refractivity (Wildman–Crippen MR) is 112 cm³/mol. The van der Waals surface area contributed by atoms with Crippen molar-refractivity contribution in [2.75, 3.05) is 13.2 Å².